The smallest absolute Gasteiger partial charge is 0.397 e. The molecule has 1 amide bonds. The van der Waals surface area contributed by atoms with E-state index in [1.807, 2.05) is 0 Å². The van der Waals surface area contributed by atoms with E-state index in [9.17, 15) is 9.59 Å². The fourth-order valence-electron chi connectivity index (χ4n) is 1.44. The summed E-state index contributed by atoms with van der Waals surface area (Å²) >= 11 is 0. The molecular formula is C11H11N3O3. The third-order valence-electron chi connectivity index (χ3n) is 2.19. The molecule has 0 saturated heterocycles. The molecule has 0 spiro atoms. The number of hydrogen-bond acceptors (Lipinski definition) is 4. The number of rotatable bonds is 2. The molecule has 0 aromatic carbocycles. The van der Waals surface area contributed by atoms with Crippen molar-refractivity contribution in [3.63, 3.8) is 0 Å². The number of nitrogens with one attached hydrogen (secondary N) is 2. The van der Waals surface area contributed by atoms with Crippen LogP contribution in [0.4, 0.5) is 5.69 Å². The zero-order valence-corrected chi connectivity index (χ0v) is 9.19. The summed E-state index contributed by atoms with van der Waals surface area (Å²) in [6.45, 7) is 1.81. The highest BCUT2D eigenvalue weighted by atomic mass is 16.5. The number of aromatic nitrogens is 2. The Morgan fingerprint density at radius 3 is 3.12 bits per heavy atom. The second kappa shape index (κ2) is 4.65. The van der Waals surface area contributed by atoms with Gasteiger partial charge in [0.1, 0.15) is 0 Å². The maximum atomic E-state index is 11.4. The van der Waals surface area contributed by atoms with Crippen LogP contribution >= 0.6 is 0 Å². The molecule has 2 aromatic heterocycles. The summed E-state index contributed by atoms with van der Waals surface area (Å²) < 4.78 is 4.59. The molecule has 17 heavy (non-hydrogen) atoms. The number of ether oxygens (including phenoxy) is 1. The fraction of sp³-hybridized carbons (Fsp3) is 0.182. The lowest BCUT2D eigenvalue weighted by Crippen LogP contribution is -2.24. The van der Waals surface area contributed by atoms with E-state index in [4.69, 9.17) is 0 Å². The number of carbonyl (C=O) groups is 2. The van der Waals surface area contributed by atoms with Gasteiger partial charge in [-0.3, -0.25) is 9.78 Å². The minimum Gasteiger partial charge on any atom is -0.459 e. The standard InChI is InChI=1S/C11H11N3O3/c1-2-17-11(16)10(15)14-9-6-13-8-3-4-12-5-7(8)9/h3-6,13H,2H2,1H3,(H,14,15). The van der Waals surface area contributed by atoms with E-state index in [2.05, 4.69) is 20.0 Å². The number of amides is 1. The summed E-state index contributed by atoms with van der Waals surface area (Å²) in [5.41, 5.74) is 1.34. The third kappa shape index (κ3) is 2.25. The molecule has 2 N–H and O–H groups in total. The van der Waals surface area contributed by atoms with Crippen molar-refractivity contribution in [2.24, 2.45) is 0 Å². The Bertz CT molecular complexity index is 562. The van der Waals surface area contributed by atoms with Crippen LogP contribution in [0.3, 0.4) is 0 Å². The average Bonchev–Trinajstić information content (AvgIpc) is 2.73. The highest BCUT2D eigenvalue weighted by Crippen LogP contribution is 2.21. The summed E-state index contributed by atoms with van der Waals surface area (Å²) in [6.07, 6.45) is 4.84. The molecule has 0 fully saturated rings. The summed E-state index contributed by atoms with van der Waals surface area (Å²) in [4.78, 5) is 29.5. The molecule has 2 rings (SSSR count). The predicted molar refractivity (Wildman–Crippen MR) is 61.4 cm³/mol. The van der Waals surface area contributed by atoms with Crippen molar-refractivity contribution in [3.8, 4) is 0 Å². The first-order chi connectivity index (χ1) is 8.22. The molecule has 0 aliphatic carbocycles. The molecule has 88 valence electrons. The van der Waals surface area contributed by atoms with E-state index < -0.39 is 11.9 Å². The number of aromatic amines is 1. The number of anilines is 1. The number of nitrogens with zero attached hydrogens (tertiary/aromatic N) is 1. The molecule has 0 bridgehead atoms. The Labute approximate surface area is 97.0 Å². The van der Waals surface area contributed by atoms with E-state index in [1.54, 1.807) is 31.6 Å². The van der Waals surface area contributed by atoms with E-state index in [-0.39, 0.29) is 6.61 Å². The van der Waals surface area contributed by atoms with Gasteiger partial charge >= 0.3 is 11.9 Å². The summed E-state index contributed by atoms with van der Waals surface area (Å²) in [6, 6.07) is 1.77. The van der Waals surface area contributed by atoms with Crippen LogP contribution < -0.4 is 5.32 Å². The van der Waals surface area contributed by atoms with Crippen LogP contribution in [0.15, 0.2) is 24.7 Å². The van der Waals surface area contributed by atoms with E-state index >= 15 is 0 Å². The SMILES string of the molecule is CCOC(=O)C(=O)Nc1c[nH]c2ccncc12. The predicted octanol–water partition coefficient (Wildman–Crippen LogP) is 1.06. The molecule has 0 unspecified atom stereocenters. The Morgan fingerprint density at radius 1 is 1.53 bits per heavy atom. The van der Waals surface area contributed by atoms with Crippen LogP contribution in [0.1, 0.15) is 6.92 Å². The van der Waals surface area contributed by atoms with Crippen molar-refractivity contribution in [2.45, 2.75) is 6.92 Å². The van der Waals surface area contributed by atoms with Crippen LogP contribution in [0.5, 0.6) is 0 Å². The zero-order chi connectivity index (χ0) is 12.3. The lowest BCUT2D eigenvalue weighted by molar-refractivity contribution is -0.152. The Morgan fingerprint density at radius 2 is 2.35 bits per heavy atom. The lowest BCUT2D eigenvalue weighted by atomic mass is 10.3. The summed E-state index contributed by atoms with van der Waals surface area (Å²) in [7, 11) is 0. The molecule has 0 aliphatic rings. The topological polar surface area (TPSA) is 84.1 Å². The van der Waals surface area contributed by atoms with Gasteiger partial charge in [0, 0.05) is 24.0 Å². The molecule has 0 atom stereocenters. The monoisotopic (exact) mass is 233 g/mol. The van der Waals surface area contributed by atoms with Gasteiger partial charge in [-0.2, -0.15) is 0 Å². The quantitative estimate of drug-likeness (QED) is 0.600. The van der Waals surface area contributed by atoms with Gasteiger partial charge in [0.2, 0.25) is 0 Å². The van der Waals surface area contributed by atoms with Gasteiger partial charge in [0.05, 0.1) is 17.8 Å². The largest absolute Gasteiger partial charge is 0.459 e. The molecule has 0 saturated carbocycles. The Kier molecular flexibility index (Phi) is 3.04. The van der Waals surface area contributed by atoms with Crippen LogP contribution in [0.2, 0.25) is 0 Å². The van der Waals surface area contributed by atoms with E-state index in [0.29, 0.717) is 5.69 Å². The minimum atomic E-state index is -0.897. The number of hydrogen-bond donors (Lipinski definition) is 2. The van der Waals surface area contributed by atoms with Gasteiger partial charge in [-0.15, -0.1) is 0 Å². The van der Waals surface area contributed by atoms with Crippen molar-refractivity contribution in [1.82, 2.24) is 9.97 Å². The van der Waals surface area contributed by atoms with Gasteiger partial charge in [0.25, 0.3) is 0 Å². The highest BCUT2D eigenvalue weighted by molar-refractivity contribution is 6.37. The first kappa shape index (κ1) is 11.1. The van der Waals surface area contributed by atoms with Gasteiger partial charge in [-0.05, 0) is 13.0 Å². The van der Waals surface area contributed by atoms with Gasteiger partial charge in [0.15, 0.2) is 0 Å². The van der Waals surface area contributed by atoms with Crippen molar-refractivity contribution in [3.05, 3.63) is 24.7 Å². The molecule has 2 heterocycles. The van der Waals surface area contributed by atoms with Crippen molar-refractivity contribution in [2.75, 3.05) is 11.9 Å². The molecule has 2 aromatic rings. The summed E-state index contributed by atoms with van der Waals surface area (Å²) in [5.74, 6) is -1.69. The Hall–Kier alpha value is -2.37. The normalized spacial score (nSPS) is 10.2. The van der Waals surface area contributed by atoms with Crippen molar-refractivity contribution < 1.29 is 14.3 Å². The van der Waals surface area contributed by atoms with Gasteiger partial charge < -0.3 is 15.0 Å². The second-order valence-corrected chi connectivity index (χ2v) is 3.30. The van der Waals surface area contributed by atoms with Crippen molar-refractivity contribution >= 4 is 28.5 Å². The second-order valence-electron chi connectivity index (χ2n) is 3.30. The average molecular weight is 233 g/mol. The van der Waals surface area contributed by atoms with Crippen LogP contribution in [-0.4, -0.2) is 28.5 Å². The van der Waals surface area contributed by atoms with E-state index in [0.717, 1.165) is 10.9 Å². The summed E-state index contributed by atoms with van der Waals surface area (Å²) in [5, 5.41) is 3.21. The molecule has 0 radical (unpaired) electrons. The maximum absolute atomic E-state index is 11.4. The number of pyridine rings is 1. The number of fused-ring (bicyclic) bond motifs is 1. The highest BCUT2D eigenvalue weighted by Gasteiger charge is 2.16. The van der Waals surface area contributed by atoms with Gasteiger partial charge in [-0.25, -0.2) is 4.79 Å². The fourth-order valence-corrected chi connectivity index (χ4v) is 1.44. The van der Waals surface area contributed by atoms with E-state index in [1.165, 1.54) is 0 Å². The first-order valence-electron chi connectivity index (χ1n) is 5.11. The van der Waals surface area contributed by atoms with Gasteiger partial charge in [-0.1, -0.05) is 0 Å². The van der Waals surface area contributed by atoms with Crippen molar-refractivity contribution in [1.29, 1.82) is 0 Å². The first-order valence-corrected chi connectivity index (χ1v) is 5.11. The molecular weight excluding hydrogens is 222 g/mol. The lowest BCUT2D eigenvalue weighted by Gasteiger charge is -2.02. The number of esters is 1. The molecule has 6 heteroatoms. The van der Waals surface area contributed by atoms with Crippen LogP contribution in [-0.2, 0) is 14.3 Å². The third-order valence-corrected chi connectivity index (χ3v) is 2.19. The minimum absolute atomic E-state index is 0.168. The maximum Gasteiger partial charge on any atom is 0.397 e. The number of H-pyrrole nitrogens is 1. The molecule has 6 nitrogen and oxygen atoms in total. The van der Waals surface area contributed by atoms with Crippen LogP contribution in [0.25, 0.3) is 10.9 Å². The Balaban J connectivity index is 2.19. The molecule has 0 aliphatic heterocycles. The number of carbonyl (C=O) groups excluding carboxylic acids is 2. The zero-order valence-electron chi connectivity index (χ0n) is 9.19. The van der Waals surface area contributed by atoms with Crippen LogP contribution in [0, 0.1) is 0 Å².